The lowest BCUT2D eigenvalue weighted by atomic mass is 9.43. The molecule has 1 aromatic heterocycles. The summed E-state index contributed by atoms with van der Waals surface area (Å²) in [6.45, 7) is 8.34. The number of amides is 2. The second-order valence-electron chi connectivity index (χ2n) is 12.0. The molecule has 7 rings (SSSR count). The standard InChI is InChI=1S/C30H35BN2O5/c1-18(34)32-22-10-7-8-19(12-22)13-28(35)33-27(16-24-23-11-6-5-9-20(23)17-36-24)31-37-26-15-21-14-25(29(21,2)3)30(26,4)38-31/h5-12,17,21,25-27H,13-16H2,1-4H3,(H,32,34)(H,33,35)/t21-,25-,26+,27?,30-/m0/s1. The molecule has 1 unspecified atom stereocenters. The summed E-state index contributed by atoms with van der Waals surface area (Å²) in [7, 11) is -0.571. The van der Waals surface area contributed by atoms with Gasteiger partial charge in [0.25, 0.3) is 0 Å². The molecule has 3 aliphatic carbocycles. The van der Waals surface area contributed by atoms with Gasteiger partial charge in [-0.2, -0.15) is 0 Å². The first-order valence-electron chi connectivity index (χ1n) is 13.6. The van der Waals surface area contributed by atoms with Crippen LogP contribution in [0.1, 0.15) is 51.9 Å². The molecule has 0 radical (unpaired) electrons. The zero-order valence-corrected chi connectivity index (χ0v) is 22.5. The molecule has 5 atom stereocenters. The maximum Gasteiger partial charge on any atom is 0.482 e. The third-order valence-corrected chi connectivity index (χ3v) is 9.25. The Balaban J connectivity index is 1.24. The van der Waals surface area contributed by atoms with E-state index in [0.717, 1.165) is 28.5 Å². The van der Waals surface area contributed by atoms with Gasteiger partial charge in [-0.25, -0.2) is 0 Å². The molecule has 2 bridgehead atoms. The Hall–Kier alpha value is -3.10. The van der Waals surface area contributed by atoms with Crippen LogP contribution in [0.5, 0.6) is 0 Å². The summed E-state index contributed by atoms with van der Waals surface area (Å²) >= 11 is 0. The van der Waals surface area contributed by atoms with Crippen LogP contribution >= 0.6 is 0 Å². The van der Waals surface area contributed by atoms with Crippen LogP contribution in [0.2, 0.25) is 0 Å². The molecule has 7 nitrogen and oxygen atoms in total. The maximum atomic E-state index is 13.3. The lowest BCUT2D eigenvalue weighted by Gasteiger charge is -2.64. The molecular weight excluding hydrogens is 479 g/mol. The highest BCUT2D eigenvalue weighted by molar-refractivity contribution is 6.48. The normalized spacial score (nSPS) is 27.9. The van der Waals surface area contributed by atoms with E-state index >= 15 is 0 Å². The van der Waals surface area contributed by atoms with Gasteiger partial charge in [0.1, 0.15) is 5.76 Å². The van der Waals surface area contributed by atoms with E-state index in [4.69, 9.17) is 13.7 Å². The number of rotatable bonds is 7. The van der Waals surface area contributed by atoms with Gasteiger partial charge in [0.2, 0.25) is 11.8 Å². The van der Waals surface area contributed by atoms with Crippen LogP contribution in [0.15, 0.2) is 59.2 Å². The highest BCUT2D eigenvalue weighted by Gasteiger charge is 2.68. The predicted molar refractivity (Wildman–Crippen MR) is 146 cm³/mol. The fourth-order valence-corrected chi connectivity index (χ4v) is 7.10. The van der Waals surface area contributed by atoms with Gasteiger partial charge >= 0.3 is 7.12 Å². The van der Waals surface area contributed by atoms with Gasteiger partial charge in [-0.05, 0) is 54.7 Å². The summed E-state index contributed by atoms with van der Waals surface area (Å²) in [5, 5.41) is 8.04. The summed E-state index contributed by atoms with van der Waals surface area (Å²) in [6.07, 6.45) is 4.55. The Morgan fingerprint density at radius 2 is 1.92 bits per heavy atom. The van der Waals surface area contributed by atoms with Crippen molar-refractivity contribution in [3.8, 4) is 0 Å². The van der Waals surface area contributed by atoms with Crippen molar-refractivity contribution in [2.24, 2.45) is 17.3 Å². The maximum absolute atomic E-state index is 13.3. The smallest absolute Gasteiger partial charge is 0.468 e. The number of carbonyl (C=O) groups is 2. The molecule has 2 amide bonds. The first kappa shape index (κ1) is 25.2. The molecule has 198 valence electrons. The van der Waals surface area contributed by atoms with Crippen LogP contribution in [0.3, 0.4) is 0 Å². The first-order chi connectivity index (χ1) is 18.1. The minimum Gasteiger partial charge on any atom is -0.468 e. The van der Waals surface area contributed by atoms with E-state index in [1.165, 1.54) is 13.3 Å². The van der Waals surface area contributed by atoms with Crippen molar-refractivity contribution in [1.29, 1.82) is 0 Å². The third-order valence-electron chi connectivity index (χ3n) is 9.25. The van der Waals surface area contributed by atoms with Gasteiger partial charge in [-0.1, -0.05) is 50.2 Å². The van der Waals surface area contributed by atoms with Crippen molar-refractivity contribution in [1.82, 2.24) is 5.32 Å². The first-order valence-corrected chi connectivity index (χ1v) is 13.6. The number of benzene rings is 2. The van der Waals surface area contributed by atoms with E-state index < -0.39 is 13.1 Å². The van der Waals surface area contributed by atoms with Crippen LogP contribution in [0.4, 0.5) is 5.69 Å². The molecule has 8 heteroatoms. The van der Waals surface area contributed by atoms with E-state index in [2.05, 4.69) is 31.4 Å². The minimum atomic E-state index is -0.571. The molecule has 3 saturated carbocycles. The van der Waals surface area contributed by atoms with Crippen molar-refractivity contribution >= 4 is 35.4 Å². The second-order valence-corrected chi connectivity index (χ2v) is 12.0. The van der Waals surface area contributed by atoms with E-state index in [-0.39, 0.29) is 35.4 Å². The minimum absolute atomic E-state index is 0.0198. The Morgan fingerprint density at radius 3 is 2.71 bits per heavy atom. The van der Waals surface area contributed by atoms with Gasteiger partial charge in [-0.3, -0.25) is 9.59 Å². The van der Waals surface area contributed by atoms with Crippen LogP contribution < -0.4 is 10.6 Å². The number of hydrogen-bond donors (Lipinski definition) is 2. The largest absolute Gasteiger partial charge is 0.482 e. The second kappa shape index (κ2) is 9.28. The fraction of sp³-hybridized carbons (Fsp3) is 0.467. The Labute approximate surface area is 223 Å². The van der Waals surface area contributed by atoms with Gasteiger partial charge in [0.05, 0.1) is 30.3 Å². The molecule has 4 fully saturated rings. The number of carbonyl (C=O) groups excluding carboxylic acids is 2. The van der Waals surface area contributed by atoms with E-state index in [0.29, 0.717) is 23.9 Å². The lowest BCUT2D eigenvalue weighted by molar-refractivity contribution is -0.199. The molecule has 38 heavy (non-hydrogen) atoms. The number of furan rings is 1. The molecular formula is C30H35BN2O5. The monoisotopic (exact) mass is 514 g/mol. The topological polar surface area (TPSA) is 89.8 Å². The lowest BCUT2D eigenvalue weighted by Crippen LogP contribution is -2.65. The average molecular weight is 514 g/mol. The number of hydrogen-bond acceptors (Lipinski definition) is 5. The Morgan fingerprint density at radius 1 is 1.11 bits per heavy atom. The predicted octanol–water partition coefficient (Wildman–Crippen LogP) is 4.93. The summed E-state index contributed by atoms with van der Waals surface area (Å²) in [4.78, 5) is 24.8. The summed E-state index contributed by atoms with van der Waals surface area (Å²) in [5.74, 6) is 1.17. The van der Waals surface area contributed by atoms with Crippen molar-refractivity contribution in [3.63, 3.8) is 0 Å². The van der Waals surface area contributed by atoms with Crippen molar-refractivity contribution in [2.45, 2.75) is 71.0 Å². The van der Waals surface area contributed by atoms with Crippen LogP contribution in [-0.4, -0.2) is 36.6 Å². The Kier molecular flexibility index (Phi) is 6.15. The van der Waals surface area contributed by atoms with Crippen LogP contribution in [-0.2, 0) is 31.7 Å². The molecule has 4 aliphatic rings. The number of nitrogens with one attached hydrogen (secondary N) is 2. The molecule has 0 spiro atoms. The van der Waals surface area contributed by atoms with Gasteiger partial charge in [0.15, 0.2) is 0 Å². The number of anilines is 1. The van der Waals surface area contributed by atoms with Crippen molar-refractivity contribution < 1.29 is 23.3 Å². The number of fused-ring (bicyclic) bond motifs is 1. The van der Waals surface area contributed by atoms with E-state index in [1.807, 2.05) is 48.5 Å². The summed E-state index contributed by atoms with van der Waals surface area (Å²) < 4.78 is 19.3. The summed E-state index contributed by atoms with van der Waals surface area (Å²) in [5.41, 5.74) is 1.34. The van der Waals surface area contributed by atoms with E-state index in [1.54, 1.807) is 6.26 Å². The molecule has 2 aromatic carbocycles. The highest BCUT2D eigenvalue weighted by Crippen LogP contribution is 2.65. The molecule has 3 aromatic rings. The van der Waals surface area contributed by atoms with Crippen molar-refractivity contribution in [3.05, 3.63) is 66.1 Å². The fourth-order valence-electron chi connectivity index (χ4n) is 7.10. The summed E-state index contributed by atoms with van der Waals surface area (Å²) in [6, 6.07) is 15.4. The van der Waals surface area contributed by atoms with E-state index in [9.17, 15) is 9.59 Å². The molecule has 2 N–H and O–H groups in total. The zero-order valence-electron chi connectivity index (χ0n) is 22.5. The van der Waals surface area contributed by atoms with Crippen molar-refractivity contribution in [2.75, 3.05) is 5.32 Å². The van der Waals surface area contributed by atoms with Gasteiger partial charge in [-0.15, -0.1) is 0 Å². The van der Waals surface area contributed by atoms with Crippen LogP contribution in [0, 0.1) is 17.3 Å². The zero-order chi connectivity index (χ0) is 26.7. The third kappa shape index (κ3) is 4.33. The molecule has 1 saturated heterocycles. The van der Waals surface area contributed by atoms with Gasteiger partial charge < -0.3 is 24.4 Å². The molecule has 1 aliphatic heterocycles. The highest BCUT2D eigenvalue weighted by atomic mass is 16.7. The molecule has 2 heterocycles. The quantitative estimate of drug-likeness (QED) is 0.437. The van der Waals surface area contributed by atoms with Crippen LogP contribution in [0.25, 0.3) is 10.8 Å². The average Bonchev–Trinajstić information content (AvgIpc) is 3.43. The SMILES string of the molecule is CC(=O)Nc1cccc(CC(=O)NC(Cc2occ3ccccc23)B2O[C@@H]3C[C@@H]4C[C@@H](C4(C)C)[C@]3(C)O2)c1. The van der Waals surface area contributed by atoms with Gasteiger partial charge in [0, 0.05) is 29.8 Å². The Bertz CT molecular complexity index is 1390.